The van der Waals surface area contributed by atoms with Gasteiger partial charge in [0.25, 0.3) is 0 Å². The molecule has 0 saturated heterocycles. The molecule has 0 saturated carbocycles. The average Bonchev–Trinajstić information content (AvgIpc) is 1.64. The molecule has 9 heavy (non-hydrogen) atoms. The van der Waals surface area contributed by atoms with Crippen LogP contribution in [0.3, 0.4) is 0 Å². The van der Waals surface area contributed by atoms with Gasteiger partial charge in [0.05, 0.1) is 0 Å². The molecule has 0 aliphatic carbocycles. The van der Waals surface area contributed by atoms with Crippen LogP contribution in [0.15, 0.2) is 0 Å². The third-order valence-electron chi connectivity index (χ3n) is 1.12. The van der Waals surface area contributed by atoms with Crippen molar-refractivity contribution in [2.24, 2.45) is 5.92 Å². The molecule has 0 fully saturated rings. The molecule has 1 N–H and O–H groups in total. The Labute approximate surface area is 61.2 Å². The Hall–Kier alpha value is 0.300. The number of alkyl halides is 3. The summed E-state index contributed by atoms with van der Waals surface area (Å²) in [6, 6.07) is 0. The van der Waals surface area contributed by atoms with Crippen molar-refractivity contribution < 1.29 is 13.9 Å². The number of aliphatic hydroxyl groups is 1. The molecule has 1 atom stereocenters. The molecule has 0 aromatic carbocycles. The normalized spacial score (nSPS) is 15.7. The number of aliphatic hydroxyl groups excluding tert-OH is 1. The van der Waals surface area contributed by atoms with Crippen molar-refractivity contribution in [3.05, 3.63) is 0 Å². The monoisotopic (exact) mass is 202 g/mol. The molecule has 0 spiro atoms. The van der Waals surface area contributed by atoms with Crippen LogP contribution in [0, 0.1) is 5.92 Å². The largest absolute Gasteiger partial charge is 0.396 e. The molecule has 4 heteroatoms. The van der Waals surface area contributed by atoms with Crippen LogP contribution in [0.5, 0.6) is 0 Å². The van der Waals surface area contributed by atoms with Gasteiger partial charge >= 0.3 is 4.83 Å². The summed E-state index contributed by atoms with van der Waals surface area (Å²) in [7, 11) is 0. The molecular formula is C5H9BrF2O. The van der Waals surface area contributed by atoms with E-state index in [1.807, 2.05) is 0 Å². The van der Waals surface area contributed by atoms with Gasteiger partial charge in [0.15, 0.2) is 0 Å². The predicted octanol–water partition coefficient (Wildman–Crippen LogP) is 1.99. The molecule has 0 aromatic rings. The molecule has 0 bridgehead atoms. The lowest BCUT2D eigenvalue weighted by Crippen LogP contribution is -2.18. The highest BCUT2D eigenvalue weighted by Gasteiger charge is 2.31. The van der Waals surface area contributed by atoms with E-state index in [4.69, 9.17) is 5.11 Å². The highest BCUT2D eigenvalue weighted by atomic mass is 79.9. The summed E-state index contributed by atoms with van der Waals surface area (Å²) in [5, 5.41) is 8.25. The van der Waals surface area contributed by atoms with Crippen LogP contribution in [-0.2, 0) is 0 Å². The van der Waals surface area contributed by atoms with Crippen LogP contribution in [0.1, 0.15) is 13.3 Å². The molecule has 0 amide bonds. The second kappa shape index (κ2) is 3.46. The Bertz CT molecular complexity index is 81.5. The summed E-state index contributed by atoms with van der Waals surface area (Å²) >= 11 is 2.20. The fourth-order valence-electron chi connectivity index (χ4n) is 0.357. The van der Waals surface area contributed by atoms with Crippen molar-refractivity contribution in [1.82, 2.24) is 0 Å². The minimum atomic E-state index is -2.84. The molecule has 0 aliphatic heterocycles. The molecule has 0 radical (unpaired) electrons. The van der Waals surface area contributed by atoms with E-state index in [1.165, 1.54) is 6.92 Å². The van der Waals surface area contributed by atoms with Gasteiger partial charge < -0.3 is 5.11 Å². The maximum absolute atomic E-state index is 12.1. The lowest BCUT2D eigenvalue weighted by molar-refractivity contribution is 0.0416. The highest BCUT2D eigenvalue weighted by Crippen LogP contribution is 2.32. The van der Waals surface area contributed by atoms with Gasteiger partial charge in [0, 0.05) is 12.5 Å². The van der Waals surface area contributed by atoms with E-state index in [9.17, 15) is 8.78 Å². The third-order valence-corrected chi connectivity index (χ3v) is 1.90. The van der Waals surface area contributed by atoms with Crippen molar-refractivity contribution in [2.75, 3.05) is 6.61 Å². The van der Waals surface area contributed by atoms with E-state index in [1.54, 1.807) is 0 Å². The van der Waals surface area contributed by atoms with Gasteiger partial charge in [-0.1, -0.05) is 6.92 Å². The zero-order valence-electron chi connectivity index (χ0n) is 5.07. The molecule has 1 nitrogen and oxygen atoms in total. The van der Waals surface area contributed by atoms with Crippen molar-refractivity contribution >= 4 is 15.9 Å². The second-order valence-electron chi connectivity index (χ2n) is 1.95. The average molecular weight is 203 g/mol. The molecule has 0 aromatic heterocycles. The van der Waals surface area contributed by atoms with E-state index in [0.717, 1.165) is 0 Å². The zero-order valence-corrected chi connectivity index (χ0v) is 6.66. The first-order valence-electron chi connectivity index (χ1n) is 2.66. The third kappa shape index (κ3) is 3.81. The summed E-state index contributed by atoms with van der Waals surface area (Å²) in [5.74, 6) is -0.803. The Balaban J connectivity index is 3.59. The predicted molar refractivity (Wildman–Crippen MR) is 34.7 cm³/mol. The molecule has 0 heterocycles. The lowest BCUT2D eigenvalue weighted by Gasteiger charge is -2.15. The van der Waals surface area contributed by atoms with E-state index in [2.05, 4.69) is 15.9 Å². The summed E-state index contributed by atoms with van der Waals surface area (Å²) in [6.45, 7) is 1.19. The smallest absolute Gasteiger partial charge is 0.304 e. The number of halogens is 3. The topological polar surface area (TPSA) is 20.2 Å². The lowest BCUT2D eigenvalue weighted by atomic mass is 10.1. The minimum absolute atomic E-state index is 0.123. The van der Waals surface area contributed by atoms with Crippen LogP contribution in [0.25, 0.3) is 0 Å². The molecule has 0 rings (SSSR count). The van der Waals surface area contributed by atoms with Crippen molar-refractivity contribution in [3.63, 3.8) is 0 Å². The first-order valence-corrected chi connectivity index (χ1v) is 3.45. The number of hydrogen-bond acceptors (Lipinski definition) is 1. The molecule has 56 valence electrons. The van der Waals surface area contributed by atoms with Crippen LogP contribution >= 0.6 is 15.9 Å². The Morgan fingerprint density at radius 1 is 1.67 bits per heavy atom. The highest BCUT2D eigenvalue weighted by molar-refractivity contribution is 9.10. The quantitative estimate of drug-likeness (QED) is 0.695. The SMILES string of the molecule is CC(CCO)C(F)(F)Br. The Morgan fingerprint density at radius 3 is 2.22 bits per heavy atom. The maximum Gasteiger partial charge on any atom is 0.304 e. The van der Waals surface area contributed by atoms with Crippen molar-refractivity contribution in [1.29, 1.82) is 0 Å². The standard InChI is InChI=1S/C5H9BrF2O/c1-4(2-3-9)5(6,7)8/h4,9H,2-3H2,1H3. The first kappa shape index (κ1) is 9.30. The van der Waals surface area contributed by atoms with E-state index >= 15 is 0 Å². The second-order valence-corrected chi connectivity index (χ2v) is 3.01. The van der Waals surface area contributed by atoms with Gasteiger partial charge in [-0.2, -0.15) is 8.78 Å². The fourth-order valence-corrected chi connectivity index (χ4v) is 0.586. The van der Waals surface area contributed by atoms with E-state index in [0.29, 0.717) is 0 Å². The van der Waals surface area contributed by atoms with E-state index in [-0.39, 0.29) is 13.0 Å². The minimum Gasteiger partial charge on any atom is -0.396 e. The molecule has 0 aliphatic rings. The Morgan fingerprint density at radius 2 is 2.11 bits per heavy atom. The van der Waals surface area contributed by atoms with E-state index < -0.39 is 10.7 Å². The van der Waals surface area contributed by atoms with Crippen LogP contribution in [0.2, 0.25) is 0 Å². The van der Waals surface area contributed by atoms with Gasteiger partial charge in [-0.25, -0.2) is 0 Å². The summed E-state index contributed by atoms with van der Waals surface area (Å²) in [4.78, 5) is -2.84. The van der Waals surface area contributed by atoms with Gasteiger partial charge in [-0.15, -0.1) is 0 Å². The van der Waals surface area contributed by atoms with Gasteiger partial charge in [0.1, 0.15) is 0 Å². The zero-order chi connectivity index (χ0) is 7.49. The molecule has 1 unspecified atom stereocenters. The summed E-state index contributed by atoms with van der Waals surface area (Å²) < 4.78 is 24.2. The molecular weight excluding hydrogens is 194 g/mol. The maximum atomic E-state index is 12.1. The van der Waals surface area contributed by atoms with Gasteiger partial charge in [-0.05, 0) is 22.4 Å². The van der Waals surface area contributed by atoms with Crippen LogP contribution in [0.4, 0.5) is 8.78 Å². The van der Waals surface area contributed by atoms with Crippen molar-refractivity contribution in [2.45, 2.75) is 18.2 Å². The Kier molecular flexibility index (Phi) is 3.58. The van der Waals surface area contributed by atoms with Gasteiger partial charge in [0.2, 0.25) is 0 Å². The van der Waals surface area contributed by atoms with Crippen molar-refractivity contribution in [3.8, 4) is 0 Å². The summed E-state index contributed by atoms with van der Waals surface area (Å²) in [5.41, 5.74) is 0. The number of hydrogen-bond donors (Lipinski definition) is 1. The van der Waals surface area contributed by atoms with Crippen LogP contribution < -0.4 is 0 Å². The van der Waals surface area contributed by atoms with Gasteiger partial charge in [-0.3, -0.25) is 0 Å². The number of rotatable bonds is 3. The first-order chi connectivity index (χ1) is 3.98. The summed E-state index contributed by atoms with van der Waals surface area (Å²) in [6.07, 6.45) is 0.123. The fraction of sp³-hybridized carbons (Fsp3) is 1.00. The van der Waals surface area contributed by atoms with Crippen LogP contribution in [-0.4, -0.2) is 16.5 Å².